The molecule has 0 N–H and O–H groups in total. The molecule has 1 heterocycles. The molecule has 0 atom stereocenters. The lowest BCUT2D eigenvalue weighted by atomic mass is 10.0. The first-order valence-electron chi connectivity index (χ1n) is 5.83. The van der Waals surface area contributed by atoms with Gasteiger partial charge in [-0.2, -0.15) is 0 Å². The predicted octanol–water partition coefficient (Wildman–Crippen LogP) is 2.49. The molecule has 1 aromatic heterocycles. The van der Waals surface area contributed by atoms with Gasteiger partial charge in [-0.25, -0.2) is 17.6 Å². The Hall–Kier alpha value is -1.95. The van der Waals surface area contributed by atoms with Crippen LogP contribution in [-0.4, -0.2) is 14.7 Å². The van der Waals surface area contributed by atoms with E-state index in [0.717, 1.165) is 6.26 Å². The van der Waals surface area contributed by atoms with Crippen molar-refractivity contribution in [2.45, 2.75) is 18.5 Å². The van der Waals surface area contributed by atoms with Gasteiger partial charge in [0.2, 0.25) is 0 Å². The first-order valence-corrected chi connectivity index (χ1v) is 7.72. The highest BCUT2D eigenvalue weighted by Crippen LogP contribution is 2.24. The van der Waals surface area contributed by atoms with Gasteiger partial charge in [0.15, 0.2) is 9.84 Å². The lowest BCUT2D eigenvalue weighted by Gasteiger charge is -2.07. The first-order chi connectivity index (χ1) is 9.32. The topological polar surface area (TPSA) is 64.3 Å². The average Bonchev–Trinajstić information content (AvgIpc) is 2.41. The summed E-state index contributed by atoms with van der Waals surface area (Å²) in [5, 5.41) is 0. The van der Waals surface area contributed by atoms with Crippen molar-refractivity contribution in [3.8, 4) is 11.1 Å². The molecule has 0 aliphatic rings. The molecule has 0 saturated carbocycles. The molecule has 0 bridgehead atoms. The SMILES string of the molecule is Cc1c(-c2ccc(S(C)(=O)=O)cc2)cc(CF)oc1=O. The van der Waals surface area contributed by atoms with Gasteiger partial charge in [-0.15, -0.1) is 0 Å². The molecule has 106 valence electrons. The second-order valence-corrected chi connectivity index (χ2v) is 6.48. The number of hydrogen-bond donors (Lipinski definition) is 0. The minimum absolute atomic E-state index is 0.0530. The van der Waals surface area contributed by atoms with Crippen molar-refractivity contribution in [1.29, 1.82) is 0 Å². The van der Waals surface area contributed by atoms with E-state index < -0.39 is 22.1 Å². The van der Waals surface area contributed by atoms with Gasteiger partial charge in [0.05, 0.1) is 4.90 Å². The van der Waals surface area contributed by atoms with Crippen molar-refractivity contribution in [2.75, 3.05) is 6.26 Å². The lowest BCUT2D eigenvalue weighted by Crippen LogP contribution is -2.07. The monoisotopic (exact) mass is 296 g/mol. The molecule has 0 radical (unpaired) electrons. The molecular formula is C14H13FO4S. The summed E-state index contributed by atoms with van der Waals surface area (Å²) in [4.78, 5) is 11.8. The summed E-state index contributed by atoms with van der Waals surface area (Å²) >= 11 is 0. The van der Waals surface area contributed by atoms with Crippen molar-refractivity contribution in [3.05, 3.63) is 52.1 Å². The number of hydrogen-bond acceptors (Lipinski definition) is 4. The minimum Gasteiger partial charge on any atom is -0.425 e. The number of sulfone groups is 1. The third-order valence-electron chi connectivity index (χ3n) is 2.96. The van der Waals surface area contributed by atoms with Gasteiger partial charge in [-0.3, -0.25) is 0 Å². The van der Waals surface area contributed by atoms with Gasteiger partial charge >= 0.3 is 5.63 Å². The summed E-state index contributed by atoms with van der Waals surface area (Å²) in [6, 6.07) is 7.52. The molecule has 0 aliphatic heterocycles. The molecule has 0 unspecified atom stereocenters. The molecule has 0 spiro atoms. The van der Waals surface area contributed by atoms with E-state index in [-0.39, 0.29) is 10.7 Å². The predicted molar refractivity (Wildman–Crippen MR) is 73.1 cm³/mol. The second-order valence-electron chi connectivity index (χ2n) is 4.47. The van der Waals surface area contributed by atoms with E-state index in [1.807, 2.05) is 0 Å². The highest BCUT2D eigenvalue weighted by Gasteiger charge is 2.11. The van der Waals surface area contributed by atoms with Gasteiger partial charge in [0.25, 0.3) is 0 Å². The fourth-order valence-electron chi connectivity index (χ4n) is 1.85. The van der Waals surface area contributed by atoms with Crippen molar-refractivity contribution < 1.29 is 17.2 Å². The number of alkyl halides is 1. The molecule has 6 heteroatoms. The molecule has 2 aromatic rings. The molecule has 20 heavy (non-hydrogen) atoms. The summed E-state index contributed by atoms with van der Waals surface area (Å²) in [5.41, 5.74) is 0.933. The Labute approximate surface area is 115 Å². The van der Waals surface area contributed by atoms with E-state index in [4.69, 9.17) is 4.42 Å². The molecule has 0 saturated heterocycles. The number of rotatable bonds is 3. The van der Waals surface area contributed by atoms with Gasteiger partial charge in [0.1, 0.15) is 12.4 Å². The number of halogens is 1. The van der Waals surface area contributed by atoms with Crippen LogP contribution in [0.3, 0.4) is 0 Å². The standard InChI is InChI=1S/C14H13FO4S/c1-9-13(7-11(8-15)19-14(9)16)10-3-5-12(6-4-10)20(2,17)18/h3-7H,8H2,1-2H3. The van der Waals surface area contributed by atoms with Gasteiger partial charge in [0, 0.05) is 11.8 Å². The summed E-state index contributed by atoms with van der Waals surface area (Å²) in [6.07, 6.45) is 1.12. The Morgan fingerprint density at radius 2 is 1.80 bits per heavy atom. The fourth-order valence-corrected chi connectivity index (χ4v) is 2.48. The molecule has 0 fully saturated rings. The minimum atomic E-state index is -3.27. The Kier molecular flexibility index (Phi) is 3.76. The zero-order chi connectivity index (χ0) is 14.9. The van der Waals surface area contributed by atoms with Crippen LogP contribution in [0.1, 0.15) is 11.3 Å². The van der Waals surface area contributed by atoms with Crippen LogP contribution >= 0.6 is 0 Å². The maximum atomic E-state index is 12.6. The Morgan fingerprint density at radius 3 is 2.30 bits per heavy atom. The second kappa shape index (κ2) is 5.20. The van der Waals surface area contributed by atoms with Gasteiger partial charge in [-0.1, -0.05) is 12.1 Å². The van der Waals surface area contributed by atoms with Crippen LogP contribution in [0.4, 0.5) is 4.39 Å². The van der Waals surface area contributed by atoms with Gasteiger partial charge < -0.3 is 4.42 Å². The summed E-state index contributed by atoms with van der Waals surface area (Å²) in [5.74, 6) is -0.0530. The van der Waals surface area contributed by atoms with Crippen LogP contribution in [0.5, 0.6) is 0 Å². The van der Waals surface area contributed by atoms with E-state index in [1.54, 1.807) is 19.1 Å². The van der Waals surface area contributed by atoms with Crippen molar-refractivity contribution in [2.24, 2.45) is 0 Å². The Morgan fingerprint density at radius 1 is 1.20 bits per heavy atom. The van der Waals surface area contributed by atoms with Crippen LogP contribution in [0.2, 0.25) is 0 Å². The van der Waals surface area contributed by atoms with E-state index in [1.165, 1.54) is 18.2 Å². The van der Waals surface area contributed by atoms with E-state index in [0.29, 0.717) is 16.7 Å². The average molecular weight is 296 g/mol. The normalized spacial score (nSPS) is 11.6. The first kappa shape index (κ1) is 14.5. The van der Waals surface area contributed by atoms with E-state index >= 15 is 0 Å². The van der Waals surface area contributed by atoms with Crippen LogP contribution in [0, 0.1) is 6.92 Å². The fraction of sp³-hybridized carbons (Fsp3) is 0.214. The van der Waals surface area contributed by atoms with E-state index in [2.05, 4.69) is 0 Å². The smallest absolute Gasteiger partial charge is 0.339 e. The maximum absolute atomic E-state index is 12.6. The molecule has 0 aliphatic carbocycles. The molecule has 0 amide bonds. The molecule has 1 aromatic carbocycles. The third kappa shape index (κ3) is 2.80. The largest absolute Gasteiger partial charge is 0.425 e. The molecular weight excluding hydrogens is 283 g/mol. The zero-order valence-corrected chi connectivity index (χ0v) is 11.8. The molecule has 4 nitrogen and oxygen atoms in total. The summed E-state index contributed by atoms with van der Waals surface area (Å²) in [7, 11) is -3.27. The third-order valence-corrected chi connectivity index (χ3v) is 4.09. The van der Waals surface area contributed by atoms with Gasteiger partial charge in [-0.05, 0) is 36.2 Å². The zero-order valence-electron chi connectivity index (χ0n) is 11.0. The Bertz CT molecular complexity index is 789. The van der Waals surface area contributed by atoms with E-state index in [9.17, 15) is 17.6 Å². The van der Waals surface area contributed by atoms with Crippen LogP contribution in [-0.2, 0) is 16.5 Å². The van der Waals surface area contributed by atoms with Crippen LogP contribution < -0.4 is 5.63 Å². The summed E-state index contributed by atoms with van der Waals surface area (Å²) in [6.45, 7) is 0.706. The maximum Gasteiger partial charge on any atom is 0.339 e. The van der Waals surface area contributed by atoms with Crippen LogP contribution in [0.15, 0.2) is 44.4 Å². The van der Waals surface area contributed by atoms with Crippen molar-refractivity contribution in [3.63, 3.8) is 0 Å². The highest BCUT2D eigenvalue weighted by atomic mass is 32.2. The van der Waals surface area contributed by atoms with Crippen LogP contribution in [0.25, 0.3) is 11.1 Å². The quantitative estimate of drug-likeness (QED) is 0.873. The Balaban J connectivity index is 2.57. The summed E-state index contributed by atoms with van der Waals surface area (Å²) < 4.78 is 40.2. The molecule has 2 rings (SSSR count). The van der Waals surface area contributed by atoms with Crippen molar-refractivity contribution in [1.82, 2.24) is 0 Å². The highest BCUT2D eigenvalue weighted by molar-refractivity contribution is 7.90. The van der Waals surface area contributed by atoms with Crippen molar-refractivity contribution >= 4 is 9.84 Å². The lowest BCUT2D eigenvalue weighted by molar-refractivity contribution is 0.368. The number of benzene rings is 1.